The van der Waals surface area contributed by atoms with Crippen molar-refractivity contribution in [2.24, 2.45) is 12.5 Å². The lowest BCUT2D eigenvalue weighted by atomic mass is 9.78. The van der Waals surface area contributed by atoms with E-state index in [1.54, 1.807) is 6.08 Å². The summed E-state index contributed by atoms with van der Waals surface area (Å²) in [5, 5.41) is 0. The lowest BCUT2D eigenvalue weighted by Gasteiger charge is -2.38. The van der Waals surface area contributed by atoms with Gasteiger partial charge in [0.25, 0.3) is 0 Å². The maximum absolute atomic E-state index is 13.1. The van der Waals surface area contributed by atoms with Gasteiger partial charge >= 0.3 is 0 Å². The lowest BCUT2D eigenvalue weighted by Crippen LogP contribution is -2.47. The minimum absolute atomic E-state index is 0.0290. The highest BCUT2D eigenvalue weighted by Gasteiger charge is 2.43. The molecule has 3 aliphatic heterocycles. The van der Waals surface area contributed by atoms with Crippen LogP contribution in [-0.4, -0.2) is 65.1 Å². The van der Waals surface area contributed by atoms with E-state index < -0.39 is 0 Å². The molecule has 1 aromatic heterocycles. The molecule has 150 valence electrons. The van der Waals surface area contributed by atoms with Gasteiger partial charge in [-0.1, -0.05) is 6.92 Å². The van der Waals surface area contributed by atoms with Gasteiger partial charge in [-0.05, 0) is 48.6 Å². The molecule has 0 aromatic carbocycles. The highest BCUT2D eigenvalue weighted by molar-refractivity contribution is 5.92. The standard InChI is InChI=1S/C22H29N3O3/c1-16-10-22(2,7-9-28-16)21(27)25-14-18-12-24(13-19(18)15-25)20(26)5-4-17-6-8-23(3)11-17/h4-6,8,11,16H,7,9-10,12-15H2,1-3H3/b5-4+. The summed E-state index contributed by atoms with van der Waals surface area (Å²) in [6.45, 7) is 7.35. The summed E-state index contributed by atoms with van der Waals surface area (Å²) >= 11 is 0. The van der Waals surface area contributed by atoms with Crippen molar-refractivity contribution in [3.05, 3.63) is 41.2 Å². The molecule has 4 heterocycles. The third-order valence-electron chi connectivity index (χ3n) is 6.21. The molecule has 2 unspecified atom stereocenters. The lowest BCUT2D eigenvalue weighted by molar-refractivity contribution is -0.148. The molecule has 4 rings (SSSR count). The molecule has 6 nitrogen and oxygen atoms in total. The highest BCUT2D eigenvalue weighted by Crippen LogP contribution is 2.37. The molecule has 0 spiro atoms. The number of nitrogens with zero attached hydrogens (tertiary/aromatic N) is 3. The van der Waals surface area contributed by atoms with Crippen molar-refractivity contribution >= 4 is 17.9 Å². The predicted octanol–water partition coefficient (Wildman–Crippen LogP) is 2.22. The van der Waals surface area contributed by atoms with Gasteiger partial charge in [-0.15, -0.1) is 0 Å². The fourth-order valence-electron chi connectivity index (χ4n) is 4.63. The zero-order chi connectivity index (χ0) is 19.9. The van der Waals surface area contributed by atoms with Crippen molar-refractivity contribution in [3.8, 4) is 0 Å². The molecule has 0 aliphatic carbocycles. The van der Waals surface area contributed by atoms with Crippen molar-refractivity contribution in [2.45, 2.75) is 32.8 Å². The normalized spacial score (nSPS) is 27.8. The number of hydrogen-bond acceptors (Lipinski definition) is 3. The Morgan fingerprint density at radius 3 is 2.46 bits per heavy atom. The van der Waals surface area contributed by atoms with Crippen LogP contribution in [0.1, 0.15) is 32.3 Å². The van der Waals surface area contributed by atoms with Gasteiger partial charge in [0.2, 0.25) is 11.8 Å². The Morgan fingerprint density at radius 1 is 1.18 bits per heavy atom. The average Bonchev–Trinajstić information content (AvgIpc) is 3.33. The summed E-state index contributed by atoms with van der Waals surface area (Å²) in [4.78, 5) is 29.5. The second-order valence-corrected chi connectivity index (χ2v) is 8.70. The molecule has 0 bridgehead atoms. The van der Waals surface area contributed by atoms with E-state index >= 15 is 0 Å². The Hall–Kier alpha value is -2.34. The van der Waals surface area contributed by atoms with Gasteiger partial charge in [0, 0.05) is 58.3 Å². The quantitative estimate of drug-likeness (QED) is 0.594. The van der Waals surface area contributed by atoms with E-state index in [2.05, 4.69) is 6.92 Å². The second-order valence-electron chi connectivity index (χ2n) is 8.70. The number of rotatable bonds is 3. The molecule has 28 heavy (non-hydrogen) atoms. The van der Waals surface area contributed by atoms with Crippen LogP contribution in [0.3, 0.4) is 0 Å². The Balaban J connectivity index is 1.33. The molecule has 3 aliphatic rings. The average molecular weight is 383 g/mol. The van der Waals surface area contributed by atoms with Crippen molar-refractivity contribution < 1.29 is 14.3 Å². The molecule has 2 atom stereocenters. The first-order valence-electron chi connectivity index (χ1n) is 10.0. The van der Waals surface area contributed by atoms with Crippen molar-refractivity contribution in [3.63, 3.8) is 0 Å². The number of aryl methyl sites for hydroxylation is 1. The first kappa shape index (κ1) is 19.0. The maximum Gasteiger partial charge on any atom is 0.247 e. The summed E-state index contributed by atoms with van der Waals surface area (Å²) in [7, 11) is 1.96. The number of amides is 2. The smallest absolute Gasteiger partial charge is 0.247 e. The number of ether oxygens (including phenoxy) is 1. The third kappa shape index (κ3) is 3.65. The minimum Gasteiger partial charge on any atom is -0.378 e. The topological polar surface area (TPSA) is 54.8 Å². The van der Waals surface area contributed by atoms with E-state index in [-0.39, 0.29) is 23.3 Å². The third-order valence-corrected chi connectivity index (χ3v) is 6.21. The van der Waals surface area contributed by atoms with Gasteiger partial charge in [-0.2, -0.15) is 0 Å². The predicted molar refractivity (Wildman–Crippen MR) is 107 cm³/mol. The molecule has 0 radical (unpaired) electrons. The van der Waals surface area contributed by atoms with E-state index in [4.69, 9.17) is 4.74 Å². The van der Waals surface area contributed by atoms with Crippen molar-refractivity contribution in [1.82, 2.24) is 14.4 Å². The highest BCUT2D eigenvalue weighted by atomic mass is 16.5. The van der Waals surface area contributed by atoms with E-state index in [0.717, 1.165) is 18.4 Å². The number of hydrogen-bond donors (Lipinski definition) is 0. The van der Waals surface area contributed by atoms with Gasteiger partial charge in [0.1, 0.15) is 0 Å². The molecule has 1 fully saturated rings. The fraction of sp³-hybridized carbons (Fsp3) is 0.545. The summed E-state index contributed by atoms with van der Waals surface area (Å²) in [6, 6.07) is 1.98. The fourth-order valence-corrected chi connectivity index (χ4v) is 4.63. The van der Waals surface area contributed by atoms with Crippen LogP contribution in [0.4, 0.5) is 0 Å². The Morgan fingerprint density at radius 2 is 1.86 bits per heavy atom. The Bertz CT molecular complexity index is 835. The first-order valence-corrected chi connectivity index (χ1v) is 10.0. The Labute approximate surface area is 166 Å². The zero-order valence-electron chi connectivity index (χ0n) is 17.0. The molecule has 0 saturated carbocycles. The van der Waals surface area contributed by atoms with Gasteiger partial charge in [0.15, 0.2) is 0 Å². The molecular formula is C22H29N3O3. The molecule has 1 aromatic rings. The van der Waals surface area contributed by atoms with Crippen molar-refractivity contribution in [2.75, 3.05) is 32.8 Å². The van der Waals surface area contributed by atoms with Crippen LogP contribution >= 0.6 is 0 Å². The summed E-state index contributed by atoms with van der Waals surface area (Å²) < 4.78 is 7.58. The van der Waals surface area contributed by atoms with Crippen LogP contribution in [0.25, 0.3) is 6.08 Å². The van der Waals surface area contributed by atoms with Crippen LogP contribution < -0.4 is 0 Å². The van der Waals surface area contributed by atoms with Crippen LogP contribution in [-0.2, 0) is 21.4 Å². The van der Waals surface area contributed by atoms with Gasteiger partial charge in [0.05, 0.1) is 11.5 Å². The van der Waals surface area contributed by atoms with Gasteiger partial charge < -0.3 is 19.1 Å². The van der Waals surface area contributed by atoms with Crippen LogP contribution in [0.15, 0.2) is 35.7 Å². The van der Waals surface area contributed by atoms with Crippen LogP contribution in [0.5, 0.6) is 0 Å². The number of aromatic nitrogens is 1. The maximum atomic E-state index is 13.1. The molecule has 6 heteroatoms. The molecule has 2 amide bonds. The largest absolute Gasteiger partial charge is 0.378 e. The van der Waals surface area contributed by atoms with Gasteiger partial charge in [-0.3, -0.25) is 9.59 Å². The van der Waals surface area contributed by atoms with E-state index in [1.165, 1.54) is 11.1 Å². The summed E-state index contributed by atoms with van der Waals surface area (Å²) in [6.07, 6.45) is 9.14. The zero-order valence-corrected chi connectivity index (χ0v) is 17.0. The monoisotopic (exact) mass is 383 g/mol. The molecule has 0 N–H and O–H groups in total. The van der Waals surface area contributed by atoms with Gasteiger partial charge in [-0.25, -0.2) is 0 Å². The SMILES string of the molecule is CC1CC(C)(C(=O)N2CC3=C(CN(C(=O)/C=C/c4ccn(C)c4)C3)C2)CCO1. The van der Waals surface area contributed by atoms with Crippen LogP contribution in [0, 0.1) is 5.41 Å². The Kier molecular flexibility index (Phi) is 4.91. The van der Waals surface area contributed by atoms with E-state index in [1.807, 2.05) is 52.9 Å². The molecular weight excluding hydrogens is 354 g/mol. The summed E-state index contributed by atoms with van der Waals surface area (Å²) in [5.41, 5.74) is 3.16. The van der Waals surface area contributed by atoms with Crippen LogP contribution in [0.2, 0.25) is 0 Å². The first-order chi connectivity index (χ1) is 13.3. The van der Waals surface area contributed by atoms with E-state index in [9.17, 15) is 9.59 Å². The molecule has 1 saturated heterocycles. The minimum atomic E-state index is -0.328. The number of carbonyl (C=O) groups is 2. The van der Waals surface area contributed by atoms with Crippen molar-refractivity contribution in [1.29, 1.82) is 0 Å². The number of carbonyl (C=O) groups excluding carboxylic acids is 2. The second kappa shape index (κ2) is 7.24. The summed E-state index contributed by atoms with van der Waals surface area (Å²) in [5.74, 6) is 0.264. The van der Waals surface area contributed by atoms with E-state index in [0.29, 0.717) is 32.8 Å².